The van der Waals surface area contributed by atoms with Gasteiger partial charge in [-0.1, -0.05) is 34.1 Å². The van der Waals surface area contributed by atoms with Crippen molar-refractivity contribution in [2.45, 2.75) is 31.8 Å². The molecule has 1 heterocycles. The normalized spacial score (nSPS) is 15.8. The van der Waals surface area contributed by atoms with Crippen LogP contribution in [0.3, 0.4) is 0 Å². The van der Waals surface area contributed by atoms with Gasteiger partial charge in [0.2, 0.25) is 0 Å². The highest BCUT2D eigenvalue weighted by molar-refractivity contribution is 9.10. The van der Waals surface area contributed by atoms with Crippen molar-refractivity contribution in [2.24, 2.45) is 0 Å². The van der Waals surface area contributed by atoms with E-state index in [-0.39, 0.29) is 11.6 Å². The number of ether oxygens (including phenoxy) is 2. The molecule has 0 amide bonds. The first-order chi connectivity index (χ1) is 14.9. The number of benzene rings is 2. The molecule has 0 bridgehead atoms. The third-order valence-corrected chi connectivity index (χ3v) is 6.61. The summed E-state index contributed by atoms with van der Waals surface area (Å²) in [6, 6.07) is 16.2. The second-order valence-corrected chi connectivity index (χ2v) is 9.21. The van der Waals surface area contributed by atoms with Crippen molar-refractivity contribution in [1.29, 1.82) is 0 Å². The Morgan fingerprint density at radius 3 is 2.39 bits per heavy atom. The summed E-state index contributed by atoms with van der Waals surface area (Å²) in [5.74, 6) is -0.269. The smallest absolute Gasteiger partial charge is 0.338 e. The molecule has 0 spiro atoms. The summed E-state index contributed by atoms with van der Waals surface area (Å²) in [6.07, 6.45) is 2.82. The van der Waals surface area contributed by atoms with Crippen molar-refractivity contribution < 1.29 is 14.3 Å². The topological polar surface area (TPSA) is 42.0 Å². The van der Waals surface area contributed by atoms with E-state index in [0.717, 1.165) is 55.7 Å². The van der Waals surface area contributed by atoms with Gasteiger partial charge in [-0.15, -0.1) is 0 Å². The summed E-state index contributed by atoms with van der Waals surface area (Å²) in [7, 11) is 4.15. The van der Waals surface area contributed by atoms with Gasteiger partial charge in [-0.25, -0.2) is 4.79 Å². The number of carbonyl (C=O) groups is 1. The predicted octanol–water partition coefficient (Wildman–Crippen LogP) is 4.79. The first kappa shape index (κ1) is 23.8. The minimum atomic E-state index is -0.269. The number of hydrogen-bond donors (Lipinski definition) is 0. The van der Waals surface area contributed by atoms with E-state index in [0.29, 0.717) is 12.2 Å². The van der Waals surface area contributed by atoms with Gasteiger partial charge in [0, 0.05) is 36.2 Å². The Balaban J connectivity index is 1.68. The average molecular weight is 489 g/mol. The van der Waals surface area contributed by atoms with Gasteiger partial charge in [-0.05, 0) is 69.8 Å². The predicted molar refractivity (Wildman–Crippen MR) is 129 cm³/mol. The molecule has 0 unspecified atom stereocenters. The second kappa shape index (κ2) is 11.1. The lowest BCUT2D eigenvalue weighted by molar-refractivity contribution is -0.0652. The number of piperidine rings is 1. The minimum Gasteiger partial charge on any atom is -0.462 e. The highest BCUT2D eigenvalue weighted by atomic mass is 79.9. The molecule has 1 aliphatic rings. The zero-order valence-corrected chi connectivity index (χ0v) is 20.4. The molecule has 1 fully saturated rings. The molecule has 168 valence electrons. The lowest BCUT2D eigenvalue weighted by Gasteiger charge is -2.43. The van der Waals surface area contributed by atoms with E-state index in [2.05, 4.69) is 64.1 Å². The van der Waals surface area contributed by atoms with Crippen LogP contribution < -0.4 is 4.90 Å². The van der Waals surface area contributed by atoms with Gasteiger partial charge < -0.3 is 19.3 Å². The summed E-state index contributed by atoms with van der Waals surface area (Å²) >= 11 is 3.70. The minimum absolute atomic E-state index is 0.165. The summed E-state index contributed by atoms with van der Waals surface area (Å²) in [5, 5.41) is 0. The van der Waals surface area contributed by atoms with Crippen molar-refractivity contribution in [3.8, 4) is 0 Å². The fraction of sp³-hybridized carbons (Fsp3) is 0.480. The third-order valence-electron chi connectivity index (χ3n) is 5.84. The fourth-order valence-corrected chi connectivity index (χ4v) is 4.43. The molecule has 0 atom stereocenters. The second-order valence-electron chi connectivity index (χ2n) is 8.36. The molecule has 2 aromatic rings. The summed E-state index contributed by atoms with van der Waals surface area (Å²) in [5.41, 5.74) is 2.86. The Bertz CT molecular complexity index is 846. The summed E-state index contributed by atoms with van der Waals surface area (Å²) in [6.45, 7) is 5.69. The number of nitrogens with zero attached hydrogens (tertiary/aromatic N) is 2. The van der Waals surface area contributed by atoms with E-state index in [1.165, 1.54) is 5.56 Å². The maximum atomic E-state index is 11.9. The van der Waals surface area contributed by atoms with Crippen molar-refractivity contribution in [1.82, 2.24) is 4.90 Å². The molecule has 1 aliphatic heterocycles. The molecule has 6 heteroatoms. The zero-order chi connectivity index (χ0) is 22.3. The highest BCUT2D eigenvalue weighted by Crippen LogP contribution is 2.34. The molecule has 0 radical (unpaired) electrons. The van der Waals surface area contributed by atoms with Crippen LogP contribution in [0.15, 0.2) is 53.0 Å². The molecular formula is C25H33BrN2O3. The maximum absolute atomic E-state index is 11.9. The number of esters is 1. The molecular weight excluding hydrogens is 456 g/mol. The first-order valence-corrected chi connectivity index (χ1v) is 11.8. The maximum Gasteiger partial charge on any atom is 0.338 e. The number of hydrogen-bond acceptors (Lipinski definition) is 5. The van der Waals surface area contributed by atoms with Gasteiger partial charge in [-0.3, -0.25) is 0 Å². The van der Waals surface area contributed by atoms with E-state index in [1.54, 1.807) is 0 Å². The Labute approximate surface area is 194 Å². The Morgan fingerprint density at radius 1 is 1.10 bits per heavy atom. The lowest BCUT2D eigenvalue weighted by Crippen LogP contribution is -2.48. The van der Waals surface area contributed by atoms with Crippen LogP contribution in [0.5, 0.6) is 0 Å². The van der Waals surface area contributed by atoms with Crippen molar-refractivity contribution in [3.05, 3.63) is 64.1 Å². The van der Waals surface area contributed by atoms with Crippen LogP contribution in [0.2, 0.25) is 0 Å². The number of halogens is 1. The van der Waals surface area contributed by atoms with E-state index >= 15 is 0 Å². The Morgan fingerprint density at radius 2 is 1.77 bits per heavy atom. The van der Waals surface area contributed by atoms with Crippen molar-refractivity contribution >= 4 is 27.6 Å². The molecule has 0 saturated carbocycles. The molecule has 0 N–H and O–H groups in total. The van der Waals surface area contributed by atoms with Crippen molar-refractivity contribution in [2.75, 3.05) is 51.8 Å². The van der Waals surface area contributed by atoms with Crippen LogP contribution in [0, 0.1) is 0 Å². The standard InChI is InChI=1S/C25H33BrN2O3/c1-4-30-24(29)20-9-11-22(12-10-20)28-15-13-25(14-16-28,31-18-17-27(2)3)19-21-7-5-6-8-23(21)26/h5-12H,4,13-19H2,1-3H3. The molecule has 0 aliphatic carbocycles. The molecule has 31 heavy (non-hydrogen) atoms. The van der Waals surface area contributed by atoms with Gasteiger partial charge in [0.05, 0.1) is 24.4 Å². The molecule has 1 saturated heterocycles. The number of rotatable bonds is 9. The van der Waals surface area contributed by atoms with Crippen LogP contribution in [0.1, 0.15) is 35.7 Å². The summed E-state index contributed by atoms with van der Waals surface area (Å²) in [4.78, 5) is 16.4. The first-order valence-electron chi connectivity index (χ1n) is 11.0. The number of likely N-dealkylation sites (N-methyl/N-ethyl adjacent to an activating group) is 1. The number of anilines is 1. The van der Waals surface area contributed by atoms with Gasteiger partial charge >= 0.3 is 5.97 Å². The largest absolute Gasteiger partial charge is 0.462 e. The number of carbonyl (C=O) groups excluding carboxylic acids is 1. The van der Waals surface area contributed by atoms with Gasteiger partial charge in [0.1, 0.15) is 0 Å². The molecule has 5 nitrogen and oxygen atoms in total. The van der Waals surface area contributed by atoms with E-state index in [9.17, 15) is 4.79 Å². The van der Waals surface area contributed by atoms with Gasteiger partial charge in [0.25, 0.3) is 0 Å². The van der Waals surface area contributed by atoms with Crippen molar-refractivity contribution in [3.63, 3.8) is 0 Å². The zero-order valence-electron chi connectivity index (χ0n) is 18.8. The third kappa shape index (κ3) is 6.55. The van der Waals surface area contributed by atoms with E-state index in [1.807, 2.05) is 31.2 Å². The molecule has 0 aromatic heterocycles. The van der Waals surface area contributed by atoms with Crippen LogP contribution in [0.25, 0.3) is 0 Å². The van der Waals surface area contributed by atoms with E-state index < -0.39 is 0 Å². The highest BCUT2D eigenvalue weighted by Gasteiger charge is 2.36. The fourth-order valence-electron chi connectivity index (χ4n) is 4.00. The van der Waals surface area contributed by atoms with E-state index in [4.69, 9.17) is 9.47 Å². The average Bonchev–Trinajstić information content (AvgIpc) is 2.76. The monoisotopic (exact) mass is 488 g/mol. The van der Waals surface area contributed by atoms with Crippen LogP contribution in [-0.2, 0) is 15.9 Å². The van der Waals surface area contributed by atoms with Gasteiger partial charge in [-0.2, -0.15) is 0 Å². The molecule has 2 aromatic carbocycles. The Hall–Kier alpha value is -1.89. The lowest BCUT2D eigenvalue weighted by atomic mass is 9.84. The SMILES string of the molecule is CCOC(=O)c1ccc(N2CCC(Cc3ccccc3Br)(OCCN(C)C)CC2)cc1. The molecule has 3 rings (SSSR count). The quantitative estimate of drug-likeness (QED) is 0.474. The van der Waals surface area contributed by atoms with Crippen LogP contribution >= 0.6 is 15.9 Å². The van der Waals surface area contributed by atoms with Crippen LogP contribution in [-0.4, -0.2) is 63.4 Å². The summed E-state index contributed by atoms with van der Waals surface area (Å²) < 4.78 is 12.8. The van der Waals surface area contributed by atoms with Gasteiger partial charge in [0.15, 0.2) is 0 Å². The van der Waals surface area contributed by atoms with Crippen LogP contribution in [0.4, 0.5) is 5.69 Å². The Kier molecular flexibility index (Phi) is 8.52.